The van der Waals surface area contributed by atoms with Gasteiger partial charge in [0.05, 0.1) is 13.2 Å². The molecule has 0 unspecified atom stereocenters. The number of nitrogens with zero attached hydrogens (tertiary/aromatic N) is 4. The van der Waals surface area contributed by atoms with Gasteiger partial charge in [-0.05, 0) is 24.3 Å². The maximum atomic E-state index is 13.0. The molecule has 3 heterocycles. The Morgan fingerprint density at radius 1 is 1.32 bits per heavy atom. The lowest BCUT2D eigenvalue weighted by molar-refractivity contribution is -0.00602. The Hall–Kier alpha value is -2.65. The third-order valence-corrected chi connectivity index (χ3v) is 4.77. The molecule has 0 N–H and O–H groups in total. The van der Waals surface area contributed by atoms with Crippen molar-refractivity contribution >= 4 is 17.2 Å². The number of rotatable bonds is 3. The van der Waals surface area contributed by atoms with Crippen LogP contribution in [0.15, 0.2) is 40.6 Å². The molecule has 0 aliphatic carbocycles. The Morgan fingerprint density at radius 3 is 2.92 bits per heavy atom. The Morgan fingerprint density at radius 2 is 2.16 bits per heavy atom. The first kappa shape index (κ1) is 15.9. The Balaban J connectivity index is 1.58. The van der Waals surface area contributed by atoms with Crippen LogP contribution >= 0.6 is 11.3 Å². The first-order chi connectivity index (χ1) is 12.2. The molecule has 4 rings (SSSR count). The summed E-state index contributed by atoms with van der Waals surface area (Å²) in [4.78, 5) is 22.9. The predicted octanol–water partition coefficient (Wildman–Crippen LogP) is 2.55. The third-order valence-electron chi connectivity index (χ3n) is 3.88. The van der Waals surface area contributed by atoms with Crippen molar-refractivity contribution in [2.75, 3.05) is 19.8 Å². The number of ether oxygens (including phenoxy) is 1. The van der Waals surface area contributed by atoms with Gasteiger partial charge in [-0.25, -0.2) is 9.37 Å². The maximum absolute atomic E-state index is 13.0. The van der Waals surface area contributed by atoms with Crippen LogP contribution in [0.3, 0.4) is 0 Å². The number of benzene rings is 1. The van der Waals surface area contributed by atoms with Crippen molar-refractivity contribution in [2.45, 2.75) is 6.04 Å². The van der Waals surface area contributed by atoms with E-state index >= 15 is 0 Å². The zero-order chi connectivity index (χ0) is 17.2. The van der Waals surface area contributed by atoms with Crippen LogP contribution in [0.5, 0.6) is 0 Å². The van der Waals surface area contributed by atoms with E-state index in [4.69, 9.17) is 9.26 Å². The van der Waals surface area contributed by atoms with Gasteiger partial charge < -0.3 is 14.2 Å². The van der Waals surface area contributed by atoms with Gasteiger partial charge in [-0.15, -0.1) is 11.3 Å². The monoisotopic (exact) mass is 360 g/mol. The van der Waals surface area contributed by atoms with Crippen molar-refractivity contribution in [1.29, 1.82) is 0 Å². The first-order valence-corrected chi connectivity index (χ1v) is 8.47. The molecule has 0 bridgehead atoms. The van der Waals surface area contributed by atoms with Crippen LogP contribution in [0.25, 0.3) is 10.6 Å². The lowest BCUT2D eigenvalue weighted by atomic mass is 10.2. The number of morpholine rings is 1. The average Bonchev–Trinajstić information content (AvgIpc) is 3.34. The van der Waals surface area contributed by atoms with E-state index in [0.29, 0.717) is 36.3 Å². The fourth-order valence-electron chi connectivity index (χ4n) is 2.63. The summed E-state index contributed by atoms with van der Waals surface area (Å²) in [5.41, 5.74) is 1.10. The molecule has 2 aromatic heterocycles. The molecule has 0 spiro atoms. The largest absolute Gasteiger partial charge is 0.377 e. The second-order valence-corrected chi connectivity index (χ2v) is 6.28. The van der Waals surface area contributed by atoms with Crippen molar-refractivity contribution < 1.29 is 18.4 Å². The van der Waals surface area contributed by atoms with Crippen LogP contribution in [-0.2, 0) is 4.74 Å². The minimum atomic E-state index is -0.407. The molecule has 128 valence electrons. The molecule has 0 radical (unpaired) electrons. The van der Waals surface area contributed by atoms with E-state index in [1.165, 1.54) is 29.9 Å². The highest BCUT2D eigenvalue weighted by Crippen LogP contribution is 2.27. The lowest BCUT2D eigenvalue weighted by Crippen LogP contribution is -2.44. The Kier molecular flexibility index (Phi) is 4.24. The summed E-state index contributed by atoms with van der Waals surface area (Å²) in [6, 6.07) is 5.60. The maximum Gasteiger partial charge on any atom is 0.274 e. The van der Waals surface area contributed by atoms with E-state index in [-0.39, 0.29) is 11.7 Å². The van der Waals surface area contributed by atoms with Crippen molar-refractivity contribution in [2.24, 2.45) is 0 Å². The summed E-state index contributed by atoms with van der Waals surface area (Å²) in [7, 11) is 0. The lowest BCUT2D eigenvalue weighted by Gasteiger charge is -2.33. The van der Waals surface area contributed by atoms with Gasteiger partial charge >= 0.3 is 0 Å². The van der Waals surface area contributed by atoms with Gasteiger partial charge in [0.15, 0.2) is 5.82 Å². The van der Waals surface area contributed by atoms with Crippen molar-refractivity contribution in [3.05, 3.63) is 53.4 Å². The number of halogens is 1. The number of amides is 1. The predicted molar refractivity (Wildman–Crippen MR) is 86.4 cm³/mol. The van der Waals surface area contributed by atoms with Crippen LogP contribution in [0, 0.1) is 5.82 Å². The quantitative estimate of drug-likeness (QED) is 0.714. The first-order valence-electron chi connectivity index (χ1n) is 7.59. The number of hydrogen-bond acceptors (Lipinski definition) is 7. The number of carbonyl (C=O) groups is 1. The van der Waals surface area contributed by atoms with E-state index in [1.54, 1.807) is 22.4 Å². The second-order valence-electron chi connectivity index (χ2n) is 5.42. The highest BCUT2D eigenvalue weighted by Gasteiger charge is 2.33. The standard InChI is InChI=1S/C16H13FN4O3S/c17-11-3-1-10(2-4-11)15-19-12(8-25-15)16(22)21-5-6-23-7-13(21)14-18-9-24-20-14/h1-4,8-9,13H,5-7H2/t13-/m1/s1. The molecule has 9 heteroatoms. The fourth-order valence-corrected chi connectivity index (χ4v) is 3.43. The normalized spacial score (nSPS) is 17.6. The molecule has 7 nitrogen and oxygen atoms in total. The van der Waals surface area contributed by atoms with Gasteiger partial charge in [-0.2, -0.15) is 4.98 Å². The molecule has 1 aromatic carbocycles. The highest BCUT2D eigenvalue weighted by molar-refractivity contribution is 7.13. The van der Waals surface area contributed by atoms with Crippen LogP contribution in [-0.4, -0.2) is 45.7 Å². The third kappa shape index (κ3) is 3.15. The Labute approximate surface area is 146 Å². The van der Waals surface area contributed by atoms with E-state index < -0.39 is 6.04 Å². The average molecular weight is 360 g/mol. The van der Waals surface area contributed by atoms with E-state index in [9.17, 15) is 9.18 Å². The van der Waals surface area contributed by atoms with Gasteiger partial charge in [0.1, 0.15) is 22.6 Å². The molecule has 1 saturated heterocycles. The van der Waals surface area contributed by atoms with Crippen molar-refractivity contribution in [3.63, 3.8) is 0 Å². The van der Waals surface area contributed by atoms with Crippen LogP contribution in [0.4, 0.5) is 4.39 Å². The zero-order valence-corrected chi connectivity index (χ0v) is 13.8. The molecule has 1 amide bonds. The summed E-state index contributed by atoms with van der Waals surface area (Å²) in [6.45, 7) is 1.16. The topological polar surface area (TPSA) is 81.4 Å². The number of thiazole rings is 1. The highest BCUT2D eigenvalue weighted by atomic mass is 32.1. The van der Waals surface area contributed by atoms with Crippen molar-refractivity contribution in [3.8, 4) is 10.6 Å². The zero-order valence-electron chi connectivity index (χ0n) is 13.0. The van der Waals surface area contributed by atoms with Gasteiger partial charge in [0.2, 0.25) is 6.39 Å². The van der Waals surface area contributed by atoms with Gasteiger partial charge in [0.25, 0.3) is 5.91 Å². The second kappa shape index (κ2) is 6.69. The number of hydrogen-bond donors (Lipinski definition) is 0. The molecular weight excluding hydrogens is 347 g/mol. The molecule has 1 aliphatic heterocycles. The van der Waals surface area contributed by atoms with Gasteiger partial charge in [0, 0.05) is 17.5 Å². The summed E-state index contributed by atoms with van der Waals surface area (Å²) in [5, 5.41) is 6.17. The van der Waals surface area contributed by atoms with E-state index in [2.05, 4.69) is 15.1 Å². The molecule has 3 aromatic rings. The molecule has 1 fully saturated rings. The number of carbonyl (C=O) groups excluding carboxylic acids is 1. The fraction of sp³-hybridized carbons (Fsp3) is 0.250. The van der Waals surface area contributed by atoms with Crippen LogP contribution in [0.1, 0.15) is 22.4 Å². The van der Waals surface area contributed by atoms with Gasteiger partial charge in [-0.1, -0.05) is 5.16 Å². The summed E-state index contributed by atoms with van der Waals surface area (Å²) >= 11 is 1.34. The minimum absolute atomic E-state index is 0.220. The van der Waals surface area contributed by atoms with E-state index in [1.807, 2.05) is 0 Å². The molecule has 1 atom stereocenters. The summed E-state index contributed by atoms with van der Waals surface area (Å²) < 4.78 is 23.3. The molecule has 0 saturated carbocycles. The molecule has 1 aliphatic rings. The summed E-state index contributed by atoms with van der Waals surface area (Å²) in [5.74, 6) is -0.127. The van der Waals surface area contributed by atoms with Crippen LogP contribution in [0.2, 0.25) is 0 Å². The molecular formula is C16H13FN4O3S. The Bertz CT molecular complexity index is 866. The van der Waals surface area contributed by atoms with Crippen LogP contribution < -0.4 is 0 Å². The molecule has 25 heavy (non-hydrogen) atoms. The smallest absolute Gasteiger partial charge is 0.274 e. The van der Waals surface area contributed by atoms with E-state index in [0.717, 1.165) is 5.56 Å². The SMILES string of the molecule is O=C(c1csc(-c2ccc(F)cc2)n1)N1CCOC[C@@H]1c1ncon1. The summed E-state index contributed by atoms with van der Waals surface area (Å²) in [6.07, 6.45) is 1.22. The number of aromatic nitrogens is 3. The minimum Gasteiger partial charge on any atom is -0.377 e. The van der Waals surface area contributed by atoms with Gasteiger partial charge in [-0.3, -0.25) is 4.79 Å². The van der Waals surface area contributed by atoms with Crippen molar-refractivity contribution in [1.82, 2.24) is 20.0 Å².